The molecule has 0 unspecified atom stereocenters. The topological polar surface area (TPSA) is 151 Å². The van der Waals surface area contributed by atoms with Crippen LogP contribution in [0.4, 0.5) is 5.69 Å². The summed E-state index contributed by atoms with van der Waals surface area (Å²) in [6, 6.07) is 15.4. The molecule has 5 rings (SSSR count). The molecule has 4 N–H and O–H groups in total. The molecule has 1 aliphatic carbocycles. The second-order valence-electron chi connectivity index (χ2n) is 9.35. The number of carbonyl (C=O) groups is 2. The molecule has 10 nitrogen and oxygen atoms in total. The van der Waals surface area contributed by atoms with Crippen LogP contribution >= 0.6 is 0 Å². The highest BCUT2D eigenvalue weighted by Crippen LogP contribution is 2.51. The minimum atomic E-state index is -4.15. The number of hydrogen-bond acceptors (Lipinski definition) is 7. The van der Waals surface area contributed by atoms with E-state index in [2.05, 4.69) is 5.32 Å². The highest BCUT2D eigenvalue weighted by molar-refractivity contribution is 7.89. The van der Waals surface area contributed by atoms with Crippen molar-refractivity contribution in [1.29, 1.82) is 0 Å². The molecule has 1 aliphatic heterocycles. The number of carbonyl (C=O) groups excluding carboxylic acids is 1. The maximum Gasteiger partial charge on any atom is 0.324 e. The van der Waals surface area contributed by atoms with Crippen molar-refractivity contribution in [2.45, 2.75) is 36.1 Å². The molecular weight excluding hydrogens is 512 g/mol. The lowest BCUT2D eigenvalue weighted by atomic mass is 9.94. The number of carboxylic acids is 1. The Kier molecular flexibility index (Phi) is 6.59. The van der Waals surface area contributed by atoms with E-state index >= 15 is 0 Å². The summed E-state index contributed by atoms with van der Waals surface area (Å²) in [6.07, 6.45) is 1.44. The Balaban J connectivity index is 0.00000220. The van der Waals surface area contributed by atoms with Crippen molar-refractivity contribution in [2.75, 3.05) is 18.7 Å². The maximum absolute atomic E-state index is 13.3. The number of aryl methyl sites for hydroxylation is 1. The molecule has 0 radical (unpaired) electrons. The first-order chi connectivity index (χ1) is 18.1. The Bertz CT molecular complexity index is 1530. The number of fused-ring (bicyclic) bond motifs is 1. The fourth-order valence-corrected chi connectivity index (χ4v) is 5.64. The second kappa shape index (κ2) is 9.75. The number of aliphatic carboxylic acids is 1. The molecule has 2 aliphatic rings. The van der Waals surface area contributed by atoms with Gasteiger partial charge in [-0.3, -0.25) is 9.59 Å². The lowest BCUT2D eigenvalue weighted by molar-refractivity contribution is -0.139. The lowest BCUT2D eigenvalue weighted by Gasteiger charge is -2.17. The average molecular weight is 547 g/mol. The van der Waals surface area contributed by atoms with E-state index in [0.717, 1.165) is 29.5 Å². The number of benzene rings is 3. The number of carboxylic acid groups (broad SMARTS) is 1. The number of anilines is 1. The van der Waals surface area contributed by atoms with Gasteiger partial charge >= 0.3 is 5.97 Å². The standard InChI is InChI=1S/C27H26N2O8S.4H2/c1-16-2-6-19(28-26(33)27(10-11-27)18-5-9-23-24(12-18)37-15-36-23)13-21(16)17-3-7-20(8-4-17)38(34,35)29-22(14-30)25(31)32;;;;/h2-9,12-13,22,29-30H,10-11,14-15H2,1H3,(H,28,33)(H,31,32);4*1H/t22-;;;;/m0..../s1. The van der Waals surface area contributed by atoms with E-state index in [1.807, 2.05) is 48.0 Å². The molecule has 3 aromatic carbocycles. The van der Waals surface area contributed by atoms with Crippen LogP contribution in [0.2, 0.25) is 0 Å². The molecular formula is C27H34N2O8S. The summed E-state index contributed by atoms with van der Waals surface area (Å²) < 4.78 is 37.9. The van der Waals surface area contributed by atoms with E-state index in [4.69, 9.17) is 19.7 Å². The Morgan fingerprint density at radius 1 is 1.03 bits per heavy atom. The molecule has 1 heterocycles. The van der Waals surface area contributed by atoms with Crippen molar-refractivity contribution in [3.05, 3.63) is 71.8 Å². The number of aliphatic hydroxyl groups excluding tert-OH is 1. The molecule has 206 valence electrons. The zero-order valence-electron chi connectivity index (χ0n) is 20.4. The molecule has 11 heteroatoms. The van der Waals surface area contributed by atoms with Gasteiger partial charge in [-0.2, -0.15) is 4.72 Å². The smallest absolute Gasteiger partial charge is 0.324 e. The zero-order valence-corrected chi connectivity index (χ0v) is 21.2. The molecule has 0 spiro atoms. The third kappa shape index (κ3) is 4.83. The predicted octanol–water partition coefficient (Wildman–Crippen LogP) is 3.77. The van der Waals surface area contributed by atoms with Gasteiger partial charge in [0, 0.05) is 11.4 Å². The Morgan fingerprint density at radius 2 is 1.74 bits per heavy atom. The molecule has 0 aromatic heterocycles. The van der Waals surface area contributed by atoms with E-state index in [1.54, 1.807) is 12.1 Å². The third-order valence-electron chi connectivity index (χ3n) is 6.86. The molecule has 0 bridgehead atoms. The van der Waals surface area contributed by atoms with Gasteiger partial charge in [0.25, 0.3) is 0 Å². The quantitative estimate of drug-likeness (QED) is 0.317. The SMILES string of the molecule is Cc1ccc(NC(=O)C2(c3ccc4c(c3)OCO4)CC2)cc1-c1ccc(S(=O)(=O)N[C@@H](CO)C(=O)O)cc1.[HH].[HH].[HH].[HH]. The van der Waals surface area contributed by atoms with Crippen LogP contribution in [0.15, 0.2) is 65.6 Å². The number of nitrogens with one attached hydrogen (secondary N) is 2. The number of hydrogen-bond donors (Lipinski definition) is 4. The third-order valence-corrected chi connectivity index (χ3v) is 8.35. The van der Waals surface area contributed by atoms with Crippen molar-refractivity contribution < 1.29 is 43.4 Å². The van der Waals surface area contributed by atoms with Crippen molar-refractivity contribution in [3.8, 4) is 22.6 Å². The van der Waals surface area contributed by atoms with Gasteiger partial charge in [0.1, 0.15) is 6.04 Å². The minimum absolute atomic E-state index is 0. The van der Waals surface area contributed by atoms with Crippen LogP contribution in [0.5, 0.6) is 11.5 Å². The van der Waals surface area contributed by atoms with Crippen molar-refractivity contribution in [2.24, 2.45) is 0 Å². The molecule has 0 saturated heterocycles. The van der Waals surface area contributed by atoms with Gasteiger partial charge < -0.3 is 25.0 Å². The summed E-state index contributed by atoms with van der Waals surface area (Å²) in [4.78, 5) is 24.3. The van der Waals surface area contributed by atoms with Gasteiger partial charge in [0.15, 0.2) is 11.5 Å². The largest absolute Gasteiger partial charge is 0.480 e. The van der Waals surface area contributed by atoms with Gasteiger partial charge in [-0.15, -0.1) is 0 Å². The first-order valence-corrected chi connectivity index (χ1v) is 13.4. The monoisotopic (exact) mass is 546 g/mol. The van der Waals surface area contributed by atoms with Crippen LogP contribution in [0, 0.1) is 6.92 Å². The number of ether oxygens (including phenoxy) is 2. The molecule has 3 aromatic rings. The predicted molar refractivity (Wildman–Crippen MR) is 146 cm³/mol. The highest BCUT2D eigenvalue weighted by atomic mass is 32.2. The molecule has 1 atom stereocenters. The molecule has 38 heavy (non-hydrogen) atoms. The zero-order chi connectivity index (χ0) is 27.1. The summed E-state index contributed by atoms with van der Waals surface area (Å²) in [5.41, 5.74) is 3.28. The minimum Gasteiger partial charge on any atom is -0.480 e. The summed E-state index contributed by atoms with van der Waals surface area (Å²) in [5.74, 6) is -0.295. The van der Waals surface area contributed by atoms with Gasteiger partial charge in [0.05, 0.1) is 16.9 Å². The van der Waals surface area contributed by atoms with Crippen LogP contribution < -0.4 is 19.5 Å². The second-order valence-corrected chi connectivity index (χ2v) is 11.1. The maximum atomic E-state index is 13.3. The van der Waals surface area contributed by atoms with Gasteiger partial charge in [-0.1, -0.05) is 24.3 Å². The molecule has 1 amide bonds. The molecule has 1 fully saturated rings. The fraction of sp³-hybridized carbons (Fsp3) is 0.259. The summed E-state index contributed by atoms with van der Waals surface area (Å²) in [6.45, 7) is 1.19. The van der Waals surface area contributed by atoms with Crippen LogP contribution in [0.1, 0.15) is 29.7 Å². The normalized spacial score (nSPS) is 16.1. The number of amides is 1. The number of sulfonamides is 1. The fourth-order valence-electron chi connectivity index (χ4n) is 4.46. The van der Waals surface area contributed by atoms with Crippen molar-refractivity contribution in [3.63, 3.8) is 0 Å². The van der Waals surface area contributed by atoms with Gasteiger partial charge in [-0.05, 0) is 78.4 Å². The van der Waals surface area contributed by atoms with Crippen molar-refractivity contribution >= 4 is 27.6 Å². The summed E-state index contributed by atoms with van der Waals surface area (Å²) >= 11 is 0. The number of rotatable bonds is 9. The van der Waals surface area contributed by atoms with Crippen LogP contribution in [-0.2, 0) is 25.0 Å². The van der Waals surface area contributed by atoms with Gasteiger partial charge in [-0.25, -0.2) is 8.42 Å². The van der Waals surface area contributed by atoms with E-state index in [0.29, 0.717) is 22.7 Å². The van der Waals surface area contributed by atoms with E-state index < -0.39 is 34.1 Å². The average Bonchev–Trinajstić information content (AvgIpc) is 3.59. The molecule has 1 saturated carbocycles. The highest BCUT2D eigenvalue weighted by Gasteiger charge is 2.51. The van der Waals surface area contributed by atoms with E-state index in [-0.39, 0.29) is 23.3 Å². The van der Waals surface area contributed by atoms with Crippen LogP contribution in [-0.4, -0.2) is 49.9 Å². The Morgan fingerprint density at radius 3 is 2.39 bits per heavy atom. The lowest BCUT2D eigenvalue weighted by Crippen LogP contribution is -2.43. The Labute approximate surface area is 225 Å². The van der Waals surface area contributed by atoms with Crippen molar-refractivity contribution in [1.82, 2.24) is 4.72 Å². The Hall–Kier alpha value is -3.93. The first kappa shape index (κ1) is 25.7. The number of aliphatic hydroxyl groups is 1. The van der Waals surface area contributed by atoms with Crippen LogP contribution in [0.25, 0.3) is 11.1 Å². The summed E-state index contributed by atoms with van der Waals surface area (Å²) in [5, 5.41) is 21.2. The van der Waals surface area contributed by atoms with Crippen LogP contribution in [0.3, 0.4) is 0 Å². The van der Waals surface area contributed by atoms with Gasteiger partial charge in [0.2, 0.25) is 22.7 Å². The van der Waals surface area contributed by atoms with E-state index in [9.17, 15) is 18.0 Å². The first-order valence-electron chi connectivity index (χ1n) is 11.9. The van der Waals surface area contributed by atoms with E-state index in [1.165, 1.54) is 12.1 Å². The summed E-state index contributed by atoms with van der Waals surface area (Å²) in [7, 11) is -4.15.